The molecule has 6 nitrogen and oxygen atoms in total. The van der Waals surface area contributed by atoms with Crippen LogP contribution in [-0.2, 0) is 0 Å². The first-order chi connectivity index (χ1) is 11.2. The van der Waals surface area contributed by atoms with Gasteiger partial charge in [-0.3, -0.25) is 4.57 Å². The Morgan fingerprint density at radius 1 is 1.22 bits per heavy atom. The van der Waals surface area contributed by atoms with E-state index in [1.54, 1.807) is 25.4 Å². The number of nitrogens with one attached hydrogen (secondary N) is 1. The van der Waals surface area contributed by atoms with Gasteiger partial charge in [-0.25, -0.2) is 9.78 Å². The minimum Gasteiger partial charge on any atom is -0.372 e. The largest absolute Gasteiger partial charge is 0.372 e. The van der Waals surface area contributed by atoms with Crippen LogP contribution in [0.15, 0.2) is 53.7 Å². The molecule has 3 aromatic heterocycles. The van der Waals surface area contributed by atoms with Gasteiger partial charge in [-0.1, -0.05) is 11.6 Å². The molecule has 4 rings (SSSR count). The Morgan fingerprint density at radius 3 is 2.91 bits per heavy atom. The van der Waals surface area contributed by atoms with Crippen molar-refractivity contribution >= 4 is 34.0 Å². The number of benzene rings is 1. The summed E-state index contributed by atoms with van der Waals surface area (Å²) in [6, 6.07) is 9.08. The first-order valence-electron chi connectivity index (χ1n) is 7.01. The van der Waals surface area contributed by atoms with Crippen LogP contribution in [0.2, 0.25) is 5.02 Å². The molecule has 0 saturated carbocycles. The number of pyridine rings is 1. The van der Waals surface area contributed by atoms with Gasteiger partial charge in [0, 0.05) is 36.0 Å². The Kier molecular flexibility index (Phi) is 3.06. The third kappa shape index (κ3) is 2.07. The Hall–Kier alpha value is -2.86. The molecule has 7 heteroatoms. The predicted molar refractivity (Wildman–Crippen MR) is 90.6 cm³/mol. The van der Waals surface area contributed by atoms with E-state index in [-0.39, 0.29) is 5.69 Å². The Balaban J connectivity index is 2.19. The minimum atomic E-state index is -0.389. The van der Waals surface area contributed by atoms with E-state index in [0.717, 1.165) is 5.39 Å². The van der Waals surface area contributed by atoms with Gasteiger partial charge >= 0.3 is 5.69 Å². The highest BCUT2D eigenvalue weighted by atomic mass is 35.5. The Labute approximate surface area is 136 Å². The average Bonchev–Trinajstić information content (AvgIpc) is 3.03. The topological polar surface area (TPSA) is 64.2 Å². The van der Waals surface area contributed by atoms with Gasteiger partial charge in [0.2, 0.25) is 0 Å². The summed E-state index contributed by atoms with van der Waals surface area (Å²) in [6.45, 7) is 0. The summed E-state index contributed by atoms with van der Waals surface area (Å²) in [5.74, 6) is 0.521. The van der Waals surface area contributed by atoms with Crippen molar-refractivity contribution in [3.8, 4) is 5.69 Å². The molecule has 0 spiro atoms. The highest BCUT2D eigenvalue weighted by Crippen LogP contribution is 2.26. The lowest BCUT2D eigenvalue weighted by molar-refractivity contribution is 0.954. The van der Waals surface area contributed by atoms with E-state index in [0.29, 0.717) is 27.7 Å². The molecule has 0 amide bonds. The summed E-state index contributed by atoms with van der Waals surface area (Å²) in [6.07, 6.45) is 5.39. The number of anilines is 1. The summed E-state index contributed by atoms with van der Waals surface area (Å²) >= 11 is 6.15. The maximum Gasteiger partial charge on any atom is 0.354 e. The van der Waals surface area contributed by atoms with E-state index in [1.165, 1.54) is 4.57 Å². The second-order valence-electron chi connectivity index (χ2n) is 5.04. The zero-order chi connectivity index (χ0) is 16.0. The van der Waals surface area contributed by atoms with Gasteiger partial charge < -0.3 is 9.72 Å². The van der Waals surface area contributed by atoms with Gasteiger partial charge in [-0.2, -0.15) is 4.98 Å². The molecule has 0 aliphatic rings. The van der Waals surface area contributed by atoms with Crippen molar-refractivity contribution in [2.75, 3.05) is 12.4 Å². The van der Waals surface area contributed by atoms with Gasteiger partial charge in [-0.05, 0) is 30.3 Å². The van der Waals surface area contributed by atoms with Crippen LogP contribution >= 0.6 is 11.6 Å². The van der Waals surface area contributed by atoms with Crippen molar-refractivity contribution in [3.63, 3.8) is 0 Å². The van der Waals surface area contributed by atoms with Crippen LogP contribution in [0, 0.1) is 0 Å². The molecular weight excluding hydrogens is 314 g/mol. The van der Waals surface area contributed by atoms with Crippen LogP contribution in [0.1, 0.15) is 0 Å². The number of aromatic nitrogens is 4. The molecule has 1 aromatic carbocycles. The molecule has 23 heavy (non-hydrogen) atoms. The standard InChI is InChI=1S/C16H12ClN5O/c1-18-14-11-5-4-10(17)9-13(11)22(16(23)20-14)12-3-2-7-21-8-6-19-15(12)21/h2-9H,1H3,(H,18,20,23). The normalized spacial score (nSPS) is 11.2. The predicted octanol–water partition coefficient (Wildman–Crippen LogP) is 2.73. The molecule has 0 saturated heterocycles. The Morgan fingerprint density at radius 2 is 2.09 bits per heavy atom. The maximum atomic E-state index is 12.6. The molecule has 114 valence electrons. The van der Waals surface area contributed by atoms with E-state index < -0.39 is 0 Å². The van der Waals surface area contributed by atoms with Crippen LogP contribution in [0.25, 0.3) is 22.2 Å². The summed E-state index contributed by atoms with van der Waals surface area (Å²) in [7, 11) is 1.73. The molecule has 0 unspecified atom stereocenters. The summed E-state index contributed by atoms with van der Waals surface area (Å²) in [5.41, 5.74) is 1.62. The molecular formula is C16H12ClN5O. The molecule has 0 fully saturated rings. The van der Waals surface area contributed by atoms with E-state index in [1.807, 2.05) is 35.0 Å². The molecule has 0 bridgehead atoms. The van der Waals surface area contributed by atoms with Crippen LogP contribution < -0.4 is 11.0 Å². The number of nitrogens with zero attached hydrogens (tertiary/aromatic N) is 4. The fraction of sp³-hybridized carbons (Fsp3) is 0.0625. The molecule has 0 atom stereocenters. The number of fused-ring (bicyclic) bond motifs is 2. The van der Waals surface area contributed by atoms with Crippen molar-refractivity contribution in [1.82, 2.24) is 18.9 Å². The molecule has 4 aromatic rings. The monoisotopic (exact) mass is 325 g/mol. The zero-order valence-electron chi connectivity index (χ0n) is 12.2. The number of rotatable bonds is 2. The third-order valence-electron chi connectivity index (χ3n) is 3.73. The third-order valence-corrected chi connectivity index (χ3v) is 3.97. The van der Waals surface area contributed by atoms with E-state index in [9.17, 15) is 4.79 Å². The average molecular weight is 326 g/mol. The zero-order valence-corrected chi connectivity index (χ0v) is 12.9. The van der Waals surface area contributed by atoms with Gasteiger partial charge in [-0.15, -0.1) is 0 Å². The van der Waals surface area contributed by atoms with Gasteiger partial charge in [0.05, 0.1) is 11.2 Å². The van der Waals surface area contributed by atoms with Crippen molar-refractivity contribution in [2.24, 2.45) is 0 Å². The summed E-state index contributed by atoms with van der Waals surface area (Å²) in [5, 5.41) is 4.31. The second-order valence-corrected chi connectivity index (χ2v) is 5.48. The number of imidazole rings is 1. The molecule has 0 aliphatic heterocycles. The Bertz CT molecular complexity index is 1100. The highest BCUT2D eigenvalue weighted by Gasteiger charge is 2.14. The number of hydrogen-bond donors (Lipinski definition) is 1. The maximum absolute atomic E-state index is 12.6. The van der Waals surface area contributed by atoms with Crippen LogP contribution in [-0.4, -0.2) is 26.0 Å². The van der Waals surface area contributed by atoms with Crippen molar-refractivity contribution < 1.29 is 0 Å². The lowest BCUT2D eigenvalue weighted by Gasteiger charge is -2.13. The lowest BCUT2D eigenvalue weighted by atomic mass is 10.2. The minimum absolute atomic E-state index is 0.389. The second kappa shape index (κ2) is 5.10. The quantitative estimate of drug-likeness (QED) is 0.615. The highest BCUT2D eigenvalue weighted by molar-refractivity contribution is 6.31. The van der Waals surface area contributed by atoms with Gasteiger partial charge in [0.25, 0.3) is 0 Å². The summed E-state index contributed by atoms with van der Waals surface area (Å²) in [4.78, 5) is 21.1. The molecule has 1 N–H and O–H groups in total. The first-order valence-corrected chi connectivity index (χ1v) is 7.39. The van der Waals surface area contributed by atoms with E-state index in [4.69, 9.17) is 11.6 Å². The number of hydrogen-bond acceptors (Lipinski definition) is 4. The fourth-order valence-corrected chi connectivity index (χ4v) is 2.90. The molecule has 0 aliphatic carbocycles. The van der Waals surface area contributed by atoms with Crippen LogP contribution in [0.5, 0.6) is 0 Å². The lowest BCUT2D eigenvalue weighted by Crippen LogP contribution is -2.23. The van der Waals surface area contributed by atoms with Crippen molar-refractivity contribution in [2.45, 2.75) is 0 Å². The smallest absolute Gasteiger partial charge is 0.354 e. The van der Waals surface area contributed by atoms with E-state index >= 15 is 0 Å². The first kappa shape index (κ1) is 13.8. The van der Waals surface area contributed by atoms with Gasteiger partial charge in [0.1, 0.15) is 5.82 Å². The van der Waals surface area contributed by atoms with Crippen molar-refractivity contribution in [3.05, 3.63) is 64.4 Å². The van der Waals surface area contributed by atoms with E-state index in [2.05, 4.69) is 15.3 Å². The number of halogens is 1. The molecule has 3 heterocycles. The van der Waals surface area contributed by atoms with Crippen LogP contribution in [0.3, 0.4) is 0 Å². The molecule has 0 radical (unpaired) electrons. The van der Waals surface area contributed by atoms with Crippen molar-refractivity contribution in [1.29, 1.82) is 0 Å². The van der Waals surface area contributed by atoms with Gasteiger partial charge in [0.15, 0.2) is 5.65 Å². The summed E-state index contributed by atoms with van der Waals surface area (Å²) < 4.78 is 3.38. The van der Waals surface area contributed by atoms with Crippen LogP contribution in [0.4, 0.5) is 5.82 Å². The SMILES string of the molecule is CNc1nc(=O)n(-c2cccn3ccnc23)c2cc(Cl)ccc12. The fourth-order valence-electron chi connectivity index (χ4n) is 2.73.